The maximum Gasteiger partial charge on any atom is 0.231 e. The summed E-state index contributed by atoms with van der Waals surface area (Å²) in [5, 5.41) is 4.29. The van der Waals surface area contributed by atoms with Gasteiger partial charge in [0.1, 0.15) is 0 Å². The molecular weight excluding hydrogens is 208 g/mol. The number of benzene rings is 1. The number of fused-ring (bicyclic) bond motifs is 1. The van der Waals surface area contributed by atoms with Crippen LogP contribution in [0.5, 0.6) is 11.5 Å². The zero-order valence-corrected chi connectivity index (χ0v) is 9.34. The van der Waals surface area contributed by atoms with Crippen LogP contribution in [0.15, 0.2) is 23.5 Å². The maximum atomic E-state index is 10.4. The Morgan fingerprint density at radius 3 is 2.94 bits per heavy atom. The van der Waals surface area contributed by atoms with Crippen molar-refractivity contribution < 1.29 is 9.47 Å². The van der Waals surface area contributed by atoms with Gasteiger partial charge in [-0.25, -0.2) is 0 Å². The Hall–Kier alpha value is -1.78. The minimum absolute atomic E-state index is 0.0675. The Morgan fingerprint density at radius 2 is 2.19 bits per heavy atom. The fraction of sp³-hybridized carbons (Fsp3) is 0.455. The molecule has 5 nitrogen and oxygen atoms in total. The molecule has 0 aliphatic carbocycles. The van der Waals surface area contributed by atoms with Gasteiger partial charge in [0, 0.05) is 7.05 Å². The molecule has 1 aromatic carbocycles. The molecular formula is C11H14N2O3. The zero-order valence-electron chi connectivity index (χ0n) is 9.34. The van der Waals surface area contributed by atoms with Crippen LogP contribution in [0.1, 0.15) is 12.5 Å². The molecule has 0 amide bonds. The Bertz CT molecular complexity index is 395. The minimum Gasteiger partial charge on any atom is -0.454 e. The molecule has 1 atom stereocenters. The predicted molar refractivity (Wildman–Crippen MR) is 59.3 cm³/mol. The van der Waals surface area contributed by atoms with E-state index in [0.29, 0.717) is 0 Å². The van der Waals surface area contributed by atoms with E-state index in [9.17, 15) is 4.91 Å². The van der Waals surface area contributed by atoms with Crippen molar-refractivity contribution in [3.05, 3.63) is 28.7 Å². The van der Waals surface area contributed by atoms with Crippen LogP contribution in [-0.2, 0) is 6.42 Å². The average molecular weight is 222 g/mol. The fourth-order valence-electron chi connectivity index (χ4n) is 1.62. The van der Waals surface area contributed by atoms with Crippen LogP contribution < -0.4 is 9.47 Å². The molecule has 16 heavy (non-hydrogen) atoms. The molecule has 1 aliphatic heterocycles. The standard InChI is InChI=1S/C11H14N2O3/c1-8(13(2)12-14)5-9-3-4-10-11(6-9)16-7-15-10/h3-4,6,8H,5,7H2,1-2H3/t8-/m1/s1. The number of nitroso groups, excluding NO2 is 1. The Balaban J connectivity index is 2.08. The summed E-state index contributed by atoms with van der Waals surface area (Å²) in [7, 11) is 1.67. The third-order valence-electron chi connectivity index (χ3n) is 2.73. The molecule has 5 heteroatoms. The normalized spacial score (nSPS) is 14.6. The molecule has 0 fully saturated rings. The van der Waals surface area contributed by atoms with E-state index in [1.165, 1.54) is 5.01 Å². The first-order chi connectivity index (χ1) is 7.70. The molecule has 0 saturated heterocycles. The monoisotopic (exact) mass is 222 g/mol. The van der Waals surface area contributed by atoms with E-state index in [1.54, 1.807) is 7.05 Å². The Kier molecular flexibility index (Phi) is 2.94. The van der Waals surface area contributed by atoms with E-state index < -0.39 is 0 Å². The van der Waals surface area contributed by atoms with Crippen molar-refractivity contribution in [2.45, 2.75) is 19.4 Å². The van der Waals surface area contributed by atoms with Gasteiger partial charge in [-0.2, -0.15) is 0 Å². The van der Waals surface area contributed by atoms with Gasteiger partial charge in [-0.05, 0) is 31.0 Å². The van der Waals surface area contributed by atoms with Crippen molar-refractivity contribution in [3.63, 3.8) is 0 Å². The second-order valence-electron chi connectivity index (χ2n) is 3.90. The number of ether oxygens (including phenoxy) is 2. The van der Waals surface area contributed by atoms with Crippen molar-refractivity contribution in [3.8, 4) is 11.5 Å². The number of nitrogens with zero attached hydrogens (tertiary/aromatic N) is 2. The van der Waals surface area contributed by atoms with Crippen LogP contribution in [0.25, 0.3) is 0 Å². The summed E-state index contributed by atoms with van der Waals surface area (Å²) in [6, 6.07) is 5.87. The van der Waals surface area contributed by atoms with E-state index in [1.807, 2.05) is 25.1 Å². The van der Waals surface area contributed by atoms with Crippen LogP contribution in [0.3, 0.4) is 0 Å². The van der Waals surface area contributed by atoms with Crippen molar-refractivity contribution in [2.75, 3.05) is 13.8 Å². The van der Waals surface area contributed by atoms with Crippen LogP contribution in [0.2, 0.25) is 0 Å². The zero-order chi connectivity index (χ0) is 11.5. The molecule has 1 aromatic rings. The lowest BCUT2D eigenvalue weighted by molar-refractivity contribution is 0.174. The van der Waals surface area contributed by atoms with Crippen molar-refractivity contribution in [2.24, 2.45) is 5.29 Å². The van der Waals surface area contributed by atoms with Gasteiger partial charge in [-0.3, -0.25) is 5.01 Å². The summed E-state index contributed by atoms with van der Waals surface area (Å²) in [6.45, 7) is 2.23. The first-order valence-electron chi connectivity index (χ1n) is 5.15. The van der Waals surface area contributed by atoms with Crippen LogP contribution >= 0.6 is 0 Å². The molecule has 0 bridgehead atoms. The fourth-order valence-corrected chi connectivity index (χ4v) is 1.62. The first kappa shape index (κ1) is 10.7. The molecule has 2 rings (SSSR count). The number of hydrogen-bond donors (Lipinski definition) is 0. The molecule has 0 unspecified atom stereocenters. The topological polar surface area (TPSA) is 51.1 Å². The third-order valence-corrected chi connectivity index (χ3v) is 2.73. The SMILES string of the molecule is C[C@H](Cc1ccc2c(c1)OCO2)N(C)N=O. The smallest absolute Gasteiger partial charge is 0.231 e. The highest BCUT2D eigenvalue weighted by atomic mass is 16.7. The van der Waals surface area contributed by atoms with E-state index in [2.05, 4.69) is 5.29 Å². The minimum atomic E-state index is 0.0675. The highest BCUT2D eigenvalue weighted by Crippen LogP contribution is 2.32. The third kappa shape index (κ3) is 2.08. The van der Waals surface area contributed by atoms with Gasteiger partial charge < -0.3 is 9.47 Å². The van der Waals surface area contributed by atoms with Gasteiger partial charge in [0.05, 0.1) is 11.3 Å². The summed E-state index contributed by atoms with van der Waals surface area (Å²) in [6.07, 6.45) is 0.749. The molecule has 0 N–H and O–H groups in total. The highest BCUT2D eigenvalue weighted by molar-refractivity contribution is 5.44. The van der Waals surface area contributed by atoms with Crippen LogP contribution in [0, 0.1) is 4.91 Å². The molecule has 1 aliphatic rings. The van der Waals surface area contributed by atoms with E-state index >= 15 is 0 Å². The molecule has 86 valence electrons. The molecule has 0 spiro atoms. The van der Waals surface area contributed by atoms with Gasteiger partial charge in [0.15, 0.2) is 11.5 Å². The summed E-state index contributed by atoms with van der Waals surface area (Å²) in [4.78, 5) is 10.4. The highest BCUT2D eigenvalue weighted by Gasteiger charge is 2.15. The van der Waals surface area contributed by atoms with Gasteiger partial charge in [-0.15, -0.1) is 4.91 Å². The van der Waals surface area contributed by atoms with E-state index in [0.717, 1.165) is 23.5 Å². The summed E-state index contributed by atoms with van der Waals surface area (Å²) >= 11 is 0. The Labute approximate surface area is 93.9 Å². The second kappa shape index (κ2) is 4.38. The molecule has 0 radical (unpaired) electrons. The van der Waals surface area contributed by atoms with Crippen LogP contribution in [-0.4, -0.2) is 24.9 Å². The lowest BCUT2D eigenvalue weighted by atomic mass is 10.1. The first-order valence-corrected chi connectivity index (χ1v) is 5.15. The molecule has 0 aromatic heterocycles. The van der Waals surface area contributed by atoms with Gasteiger partial charge >= 0.3 is 0 Å². The van der Waals surface area contributed by atoms with Gasteiger partial charge in [0.2, 0.25) is 6.79 Å². The average Bonchev–Trinajstić information content (AvgIpc) is 2.75. The van der Waals surface area contributed by atoms with Crippen molar-refractivity contribution >= 4 is 0 Å². The number of likely N-dealkylation sites (N-methyl/N-ethyl adjacent to an activating group) is 1. The number of hydrogen-bond acceptors (Lipinski definition) is 4. The second-order valence-corrected chi connectivity index (χ2v) is 3.90. The quantitative estimate of drug-likeness (QED) is 0.577. The molecule has 0 saturated carbocycles. The largest absolute Gasteiger partial charge is 0.454 e. The molecule has 1 heterocycles. The predicted octanol–water partition coefficient (Wildman–Crippen LogP) is 1.96. The van der Waals surface area contributed by atoms with E-state index in [4.69, 9.17) is 9.47 Å². The lowest BCUT2D eigenvalue weighted by Gasteiger charge is -2.18. The maximum absolute atomic E-state index is 10.4. The van der Waals surface area contributed by atoms with Gasteiger partial charge in [0.25, 0.3) is 0 Å². The lowest BCUT2D eigenvalue weighted by Crippen LogP contribution is -2.25. The van der Waals surface area contributed by atoms with Crippen LogP contribution in [0.4, 0.5) is 0 Å². The van der Waals surface area contributed by atoms with E-state index in [-0.39, 0.29) is 12.8 Å². The van der Waals surface area contributed by atoms with Crippen molar-refractivity contribution in [1.82, 2.24) is 5.01 Å². The summed E-state index contributed by atoms with van der Waals surface area (Å²) in [5.41, 5.74) is 1.10. The van der Waals surface area contributed by atoms with Crippen molar-refractivity contribution in [1.29, 1.82) is 0 Å². The summed E-state index contributed by atoms with van der Waals surface area (Å²) in [5.74, 6) is 1.55. The number of rotatable bonds is 4. The van der Waals surface area contributed by atoms with Gasteiger partial charge in [-0.1, -0.05) is 6.07 Å². The summed E-state index contributed by atoms with van der Waals surface area (Å²) < 4.78 is 10.5. The Morgan fingerprint density at radius 1 is 1.44 bits per heavy atom.